The minimum Gasteiger partial charge on any atom is -0.304 e. The van der Waals surface area contributed by atoms with Crippen LogP contribution in [0.5, 0.6) is 0 Å². The maximum absolute atomic E-state index is 4.52. The van der Waals surface area contributed by atoms with Crippen LogP contribution in [0.15, 0.2) is 42.7 Å². The lowest BCUT2D eigenvalue weighted by atomic mass is 10.0. The molecule has 2 rings (SSSR count). The Bertz CT molecular complexity index is 596. The van der Waals surface area contributed by atoms with Crippen molar-refractivity contribution >= 4 is 0 Å². The summed E-state index contributed by atoms with van der Waals surface area (Å²) in [6.07, 6.45) is 4.60. The van der Waals surface area contributed by atoms with Crippen LogP contribution in [0.1, 0.15) is 56.2 Å². The molecule has 2 aromatic rings. The highest BCUT2D eigenvalue weighted by Gasteiger charge is 2.18. The van der Waals surface area contributed by atoms with Crippen molar-refractivity contribution < 1.29 is 0 Å². The maximum Gasteiger partial charge on any atom is 0.0782 e. The third-order valence-corrected chi connectivity index (χ3v) is 4.61. The molecule has 1 heterocycles. The van der Waals surface area contributed by atoms with Gasteiger partial charge >= 0.3 is 0 Å². The first-order chi connectivity index (χ1) is 11.7. The first-order valence-electron chi connectivity index (χ1n) is 8.96. The summed E-state index contributed by atoms with van der Waals surface area (Å²) in [7, 11) is 0. The summed E-state index contributed by atoms with van der Waals surface area (Å²) in [4.78, 5) is 11.4. The third-order valence-electron chi connectivity index (χ3n) is 4.61. The van der Waals surface area contributed by atoms with E-state index in [0.717, 1.165) is 37.4 Å². The smallest absolute Gasteiger partial charge is 0.0782 e. The second kappa shape index (κ2) is 9.50. The van der Waals surface area contributed by atoms with Crippen LogP contribution in [-0.4, -0.2) is 34.5 Å². The summed E-state index contributed by atoms with van der Waals surface area (Å²) in [5.74, 6) is 0. The molecule has 0 radical (unpaired) electrons. The van der Waals surface area contributed by atoms with Crippen molar-refractivity contribution in [2.75, 3.05) is 19.6 Å². The van der Waals surface area contributed by atoms with Gasteiger partial charge in [0.2, 0.25) is 0 Å². The molecule has 0 bridgehead atoms. The SMILES string of the molecule is CCN(CC)CCC(NC(C)c1nccnc1C)c1ccccc1. The van der Waals surface area contributed by atoms with E-state index >= 15 is 0 Å². The zero-order chi connectivity index (χ0) is 17.4. The van der Waals surface area contributed by atoms with Crippen LogP contribution in [0.4, 0.5) is 0 Å². The highest BCUT2D eigenvalue weighted by Crippen LogP contribution is 2.22. The molecule has 0 saturated heterocycles. The number of aromatic nitrogens is 2. The average molecular weight is 326 g/mol. The zero-order valence-electron chi connectivity index (χ0n) is 15.4. The van der Waals surface area contributed by atoms with E-state index in [1.54, 1.807) is 12.4 Å². The topological polar surface area (TPSA) is 41.0 Å². The van der Waals surface area contributed by atoms with Crippen LogP contribution in [0.25, 0.3) is 0 Å². The number of aryl methyl sites for hydroxylation is 1. The second-order valence-electron chi connectivity index (χ2n) is 6.19. The van der Waals surface area contributed by atoms with Crippen molar-refractivity contribution in [3.8, 4) is 0 Å². The number of hydrogen-bond acceptors (Lipinski definition) is 4. The fourth-order valence-corrected chi connectivity index (χ4v) is 3.11. The number of nitrogens with one attached hydrogen (secondary N) is 1. The Hall–Kier alpha value is -1.78. The van der Waals surface area contributed by atoms with Gasteiger partial charge in [-0.2, -0.15) is 0 Å². The van der Waals surface area contributed by atoms with Gasteiger partial charge in [-0.25, -0.2) is 0 Å². The molecular formula is C20H30N4. The Balaban J connectivity index is 2.12. The van der Waals surface area contributed by atoms with Gasteiger partial charge in [-0.1, -0.05) is 44.2 Å². The molecule has 1 N–H and O–H groups in total. The predicted octanol–water partition coefficient (Wildman–Crippen LogP) is 3.91. The van der Waals surface area contributed by atoms with Crippen molar-refractivity contribution in [2.45, 2.75) is 46.2 Å². The van der Waals surface area contributed by atoms with E-state index in [4.69, 9.17) is 0 Å². The predicted molar refractivity (Wildman–Crippen MR) is 99.9 cm³/mol. The molecule has 4 nitrogen and oxygen atoms in total. The molecule has 0 fully saturated rings. The molecule has 0 aliphatic carbocycles. The Labute approximate surface area is 146 Å². The highest BCUT2D eigenvalue weighted by molar-refractivity contribution is 5.20. The molecule has 2 atom stereocenters. The first kappa shape index (κ1) is 18.6. The molecular weight excluding hydrogens is 296 g/mol. The lowest BCUT2D eigenvalue weighted by Gasteiger charge is -2.27. The molecule has 24 heavy (non-hydrogen) atoms. The average Bonchev–Trinajstić information content (AvgIpc) is 2.62. The molecule has 2 unspecified atom stereocenters. The van der Waals surface area contributed by atoms with Gasteiger partial charge in [-0.15, -0.1) is 0 Å². The monoisotopic (exact) mass is 326 g/mol. The van der Waals surface area contributed by atoms with Crippen LogP contribution >= 0.6 is 0 Å². The summed E-state index contributed by atoms with van der Waals surface area (Å²) >= 11 is 0. The van der Waals surface area contributed by atoms with E-state index in [2.05, 4.69) is 71.3 Å². The van der Waals surface area contributed by atoms with E-state index < -0.39 is 0 Å². The summed E-state index contributed by atoms with van der Waals surface area (Å²) in [6.45, 7) is 11.9. The summed E-state index contributed by atoms with van der Waals surface area (Å²) < 4.78 is 0. The number of rotatable bonds is 9. The normalized spacial score (nSPS) is 13.9. The van der Waals surface area contributed by atoms with Crippen molar-refractivity contribution in [1.29, 1.82) is 0 Å². The largest absolute Gasteiger partial charge is 0.304 e. The number of nitrogens with zero attached hydrogens (tertiary/aromatic N) is 3. The Morgan fingerprint density at radius 2 is 1.71 bits per heavy atom. The number of hydrogen-bond donors (Lipinski definition) is 1. The molecule has 0 spiro atoms. The summed E-state index contributed by atoms with van der Waals surface area (Å²) in [5, 5.41) is 3.76. The molecule has 1 aromatic carbocycles. The van der Waals surface area contributed by atoms with Crippen LogP contribution in [0.2, 0.25) is 0 Å². The second-order valence-corrected chi connectivity index (χ2v) is 6.19. The summed E-state index contributed by atoms with van der Waals surface area (Å²) in [5.41, 5.74) is 3.35. The van der Waals surface area contributed by atoms with Crippen molar-refractivity contribution in [3.05, 3.63) is 59.7 Å². The van der Waals surface area contributed by atoms with E-state index in [0.29, 0.717) is 6.04 Å². The Morgan fingerprint density at radius 1 is 1.04 bits per heavy atom. The quantitative estimate of drug-likeness (QED) is 0.758. The van der Waals surface area contributed by atoms with Gasteiger partial charge < -0.3 is 10.2 Å². The highest BCUT2D eigenvalue weighted by atomic mass is 15.1. The lowest BCUT2D eigenvalue weighted by molar-refractivity contribution is 0.276. The maximum atomic E-state index is 4.52. The van der Waals surface area contributed by atoms with E-state index in [1.165, 1.54) is 5.56 Å². The first-order valence-corrected chi connectivity index (χ1v) is 8.96. The fraction of sp³-hybridized carbons (Fsp3) is 0.500. The summed E-state index contributed by atoms with van der Waals surface area (Å²) in [6, 6.07) is 11.2. The zero-order valence-corrected chi connectivity index (χ0v) is 15.4. The van der Waals surface area contributed by atoms with Crippen LogP contribution < -0.4 is 5.32 Å². The molecule has 1 aromatic heterocycles. The van der Waals surface area contributed by atoms with E-state index in [1.807, 2.05) is 6.92 Å². The van der Waals surface area contributed by atoms with Crippen molar-refractivity contribution in [3.63, 3.8) is 0 Å². The van der Waals surface area contributed by atoms with Crippen LogP contribution in [-0.2, 0) is 0 Å². The van der Waals surface area contributed by atoms with Crippen molar-refractivity contribution in [1.82, 2.24) is 20.2 Å². The molecule has 0 aliphatic heterocycles. The van der Waals surface area contributed by atoms with Gasteiger partial charge in [0.05, 0.1) is 11.4 Å². The Morgan fingerprint density at radius 3 is 2.33 bits per heavy atom. The van der Waals surface area contributed by atoms with E-state index in [9.17, 15) is 0 Å². The minimum atomic E-state index is 0.167. The molecule has 4 heteroatoms. The Kier molecular flexibility index (Phi) is 7.35. The van der Waals surface area contributed by atoms with Gasteiger partial charge in [0, 0.05) is 24.5 Å². The van der Waals surface area contributed by atoms with Crippen LogP contribution in [0.3, 0.4) is 0 Å². The number of benzene rings is 1. The lowest BCUT2D eigenvalue weighted by Crippen LogP contribution is -2.31. The van der Waals surface area contributed by atoms with E-state index in [-0.39, 0.29) is 6.04 Å². The molecule has 0 saturated carbocycles. The third kappa shape index (κ3) is 5.11. The fourth-order valence-electron chi connectivity index (χ4n) is 3.11. The van der Waals surface area contributed by atoms with Gasteiger partial charge in [0.1, 0.15) is 0 Å². The standard InChI is InChI=1S/C20H30N4/c1-5-24(6-2)15-12-19(18-10-8-7-9-11-18)23-17(4)20-16(3)21-13-14-22-20/h7-11,13-14,17,19,23H,5-6,12,15H2,1-4H3. The van der Waals surface area contributed by atoms with Gasteiger partial charge in [-0.05, 0) is 45.5 Å². The molecule has 0 amide bonds. The van der Waals surface area contributed by atoms with Gasteiger partial charge in [-0.3, -0.25) is 9.97 Å². The van der Waals surface area contributed by atoms with Crippen LogP contribution in [0, 0.1) is 6.92 Å². The van der Waals surface area contributed by atoms with Gasteiger partial charge in [0.25, 0.3) is 0 Å². The van der Waals surface area contributed by atoms with Crippen molar-refractivity contribution in [2.24, 2.45) is 0 Å². The molecule has 0 aliphatic rings. The van der Waals surface area contributed by atoms with Gasteiger partial charge in [0.15, 0.2) is 0 Å². The minimum absolute atomic E-state index is 0.167. The molecule has 130 valence electrons.